The highest BCUT2D eigenvalue weighted by atomic mass is 19.1. The SMILES string of the molecule is N#CC1(C(=O)NCC(O)COc2ccc(F)cc2)CCCCC1. The van der Waals surface area contributed by atoms with Gasteiger partial charge in [0.05, 0.1) is 6.07 Å². The Hall–Kier alpha value is -2.13. The monoisotopic (exact) mass is 320 g/mol. The zero-order valence-corrected chi connectivity index (χ0v) is 12.9. The fourth-order valence-corrected chi connectivity index (χ4v) is 2.71. The van der Waals surface area contributed by atoms with Crippen LogP contribution in [0.15, 0.2) is 24.3 Å². The van der Waals surface area contributed by atoms with Crippen molar-refractivity contribution in [2.24, 2.45) is 5.41 Å². The molecular weight excluding hydrogens is 299 g/mol. The summed E-state index contributed by atoms with van der Waals surface area (Å²) >= 11 is 0. The second-order valence-corrected chi connectivity index (χ2v) is 5.88. The highest BCUT2D eigenvalue weighted by Crippen LogP contribution is 2.35. The molecule has 1 aromatic carbocycles. The molecule has 2 N–H and O–H groups in total. The Labute approximate surface area is 135 Å². The van der Waals surface area contributed by atoms with E-state index in [0.29, 0.717) is 18.6 Å². The van der Waals surface area contributed by atoms with Crippen molar-refractivity contribution < 1.29 is 19.0 Å². The number of ether oxygens (including phenoxy) is 1. The number of amides is 1. The van der Waals surface area contributed by atoms with Crippen LogP contribution in [0.2, 0.25) is 0 Å². The number of benzene rings is 1. The summed E-state index contributed by atoms with van der Waals surface area (Å²) in [5.41, 5.74) is -0.963. The van der Waals surface area contributed by atoms with Crippen LogP contribution in [0.4, 0.5) is 4.39 Å². The van der Waals surface area contributed by atoms with Gasteiger partial charge in [0, 0.05) is 6.54 Å². The van der Waals surface area contributed by atoms with Crippen LogP contribution in [0.25, 0.3) is 0 Å². The summed E-state index contributed by atoms with van der Waals surface area (Å²) in [5.74, 6) is -0.238. The Bertz CT molecular complexity index is 562. The zero-order chi connectivity index (χ0) is 16.7. The van der Waals surface area contributed by atoms with E-state index in [-0.39, 0.29) is 24.9 Å². The molecule has 2 rings (SSSR count). The number of nitrogens with one attached hydrogen (secondary N) is 1. The lowest BCUT2D eigenvalue weighted by atomic mass is 9.74. The van der Waals surface area contributed by atoms with Gasteiger partial charge in [0.25, 0.3) is 0 Å². The van der Waals surface area contributed by atoms with E-state index in [9.17, 15) is 19.6 Å². The second kappa shape index (κ2) is 7.93. The molecule has 124 valence electrons. The number of nitriles is 1. The molecule has 0 saturated heterocycles. The number of nitrogens with zero attached hydrogens (tertiary/aromatic N) is 1. The Balaban J connectivity index is 1.77. The van der Waals surface area contributed by atoms with Gasteiger partial charge in [-0.25, -0.2) is 4.39 Å². The molecule has 1 atom stereocenters. The van der Waals surface area contributed by atoms with E-state index in [2.05, 4.69) is 11.4 Å². The predicted octanol–water partition coefficient (Wildman–Crippen LogP) is 2.16. The van der Waals surface area contributed by atoms with Crippen LogP contribution in [0.5, 0.6) is 5.75 Å². The van der Waals surface area contributed by atoms with Gasteiger partial charge in [0.1, 0.15) is 29.7 Å². The largest absolute Gasteiger partial charge is 0.491 e. The third-order valence-corrected chi connectivity index (χ3v) is 4.11. The minimum absolute atomic E-state index is 0.0173. The first kappa shape index (κ1) is 17.2. The van der Waals surface area contributed by atoms with Crippen molar-refractivity contribution in [2.45, 2.75) is 38.2 Å². The first-order valence-corrected chi connectivity index (χ1v) is 7.82. The van der Waals surface area contributed by atoms with E-state index in [1.54, 1.807) is 0 Å². The summed E-state index contributed by atoms with van der Waals surface area (Å²) in [6.45, 7) is -0.00504. The molecule has 0 bridgehead atoms. The highest BCUT2D eigenvalue weighted by molar-refractivity contribution is 5.85. The van der Waals surface area contributed by atoms with E-state index >= 15 is 0 Å². The minimum Gasteiger partial charge on any atom is -0.491 e. The Morgan fingerprint density at radius 1 is 1.35 bits per heavy atom. The molecule has 0 spiro atoms. The summed E-state index contributed by atoms with van der Waals surface area (Å²) in [7, 11) is 0. The quantitative estimate of drug-likeness (QED) is 0.841. The summed E-state index contributed by atoms with van der Waals surface area (Å²) < 4.78 is 18.1. The van der Waals surface area contributed by atoms with Crippen LogP contribution in [-0.2, 0) is 4.79 Å². The Morgan fingerprint density at radius 2 is 2.00 bits per heavy atom. The summed E-state index contributed by atoms with van der Waals surface area (Å²) in [5, 5.41) is 21.8. The maximum absolute atomic E-state index is 12.8. The standard InChI is InChI=1S/C17H21FN2O3/c18-13-4-6-15(7-5-13)23-11-14(21)10-20-16(22)17(12-19)8-2-1-3-9-17/h4-7,14,21H,1-3,8-11H2,(H,20,22). The first-order valence-electron chi connectivity index (χ1n) is 7.82. The van der Waals surface area contributed by atoms with Gasteiger partial charge in [-0.2, -0.15) is 5.26 Å². The fraction of sp³-hybridized carbons (Fsp3) is 0.529. The van der Waals surface area contributed by atoms with Crippen LogP contribution in [0.3, 0.4) is 0 Å². The second-order valence-electron chi connectivity index (χ2n) is 5.88. The number of carbonyl (C=O) groups excluding carboxylic acids is 1. The predicted molar refractivity (Wildman–Crippen MR) is 82.0 cm³/mol. The molecule has 1 unspecified atom stereocenters. The number of rotatable bonds is 6. The molecule has 0 heterocycles. The maximum atomic E-state index is 12.8. The van der Waals surface area contributed by atoms with Crippen LogP contribution in [-0.4, -0.2) is 30.3 Å². The lowest BCUT2D eigenvalue weighted by Crippen LogP contribution is -2.45. The van der Waals surface area contributed by atoms with E-state index in [4.69, 9.17) is 4.74 Å². The van der Waals surface area contributed by atoms with Gasteiger partial charge in [0.15, 0.2) is 0 Å². The molecule has 5 nitrogen and oxygen atoms in total. The molecule has 1 saturated carbocycles. The molecule has 0 aromatic heterocycles. The summed E-state index contributed by atoms with van der Waals surface area (Å²) in [6.07, 6.45) is 3.03. The van der Waals surface area contributed by atoms with Crippen LogP contribution >= 0.6 is 0 Å². The number of hydrogen-bond donors (Lipinski definition) is 2. The van der Waals surface area contributed by atoms with Crippen molar-refractivity contribution in [1.82, 2.24) is 5.32 Å². The van der Waals surface area contributed by atoms with Gasteiger partial charge >= 0.3 is 0 Å². The third kappa shape index (κ3) is 4.67. The highest BCUT2D eigenvalue weighted by Gasteiger charge is 2.39. The Morgan fingerprint density at radius 3 is 2.61 bits per heavy atom. The van der Waals surface area contributed by atoms with E-state index < -0.39 is 11.5 Å². The molecule has 1 aromatic rings. The lowest BCUT2D eigenvalue weighted by molar-refractivity contribution is -0.130. The summed E-state index contributed by atoms with van der Waals surface area (Å²) in [6, 6.07) is 7.61. The molecule has 0 radical (unpaired) electrons. The molecule has 6 heteroatoms. The number of aliphatic hydroxyl groups excluding tert-OH is 1. The van der Waals surface area contributed by atoms with Crippen molar-refractivity contribution in [1.29, 1.82) is 5.26 Å². The molecule has 1 aliphatic carbocycles. The zero-order valence-electron chi connectivity index (χ0n) is 12.9. The molecule has 1 aliphatic rings. The van der Waals surface area contributed by atoms with Crippen LogP contribution in [0.1, 0.15) is 32.1 Å². The van der Waals surface area contributed by atoms with Crippen LogP contribution < -0.4 is 10.1 Å². The summed E-state index contributed by atoms with van der Waals surface area (Å²) in [4.78, 5) is 12.2. The molecular formula is C17H21FN2O3. The number of halogens is 1. The fourth-order valence-electron chi connectivity index (χ4n) is 2.71. The average molecular weight is 320 g/mol. The third-order valence-electron chi connectivity index (χ3n) is 4.11. The lowest BCUT2D eigenvalue weighted by Gasteiger charge is -2.29. The van der Waals surface area contributed by atoms with Crippen molar-refractivity contribution in [2.75, 3.05) is 13.2 Å². The molecule has 1 fully saturated rings. The van der Waals surface area contributed by atoms with Gasteiger partial charge in [-0.05, 0) is 37.1 Å². The average Bonchev–Trinajstić information content (AvgIpc) is 2.59. The topological polar surface area (TPSA) is 82.4 Å². The van der Waals surface area contributed by atoms with Crippen LogP contribution in [0, 0.1) is 22.6 Å². The van der Waals surface area contributed by atoms with E-state index in [1.165, 1.54) is 24.3 Å². The molecule has 23 heavy (non-hydrogen) atoms. The Kier molecular flexibility index (Phi) is 5.94. The van der Waals surface area contributed by atoms with Gasteiger partial charge in [0.2, 0.25) is 5.91 Å². The number of carbonyl (C=O) groups is 1. The maximum Gasteiger partial charge on any atom is 0.240 e. The van der Waals surface area contributed by atoms with Gasteiger partial charge in [-0.3, -0.25) is 4.79 Å². The van der Waals surface area contributed by atoms with Crippen molar-refractivity contribution in [3.63, 3.8) is 0 Å². The van der Waals surface area contributed by atoms with E-state index in [1.807, 2.05) is 0 Å². The van der Waals surface area contributed by atoms with Crippen molar-refractivity contribution in [3.8, 4) is 11.8 Å². The van der Waals surface area contributed by atoms with Gasteiger partial charge < -0.3 is 15.2 Å². The van der Waals surface area contributed by atoms with Gasteiger partial charge in [-0.1, -0.05) is 19.3 Å². The van der Waals surface area contributed by atoms with Crippen molar-refractivity contribution in [3.05, 3.63) is 30.1 Å². The smallest absolute Gasteiger partial charge is 0.240 e. The molecule has 0 aliphatic heterocycles. The van der Waals surface area contributed by atoms with E-state index in [0.717, 1.165) is 19.3 Å². The number of aliphatic hydroxyl groups is 1. The van der Waals surface area contributed by atoms with Crippen molar-refractivity contribution >= 4 is 5.91 Å². The van der Waals surface area contributed by atoms with Gasteiger partial charge in [-0.15, -0.1) is 0 Å². The first-order chi connectivity index (χ1) is 11.1. The molecule has 1 amide bonds. The normalized spacial score (nSPS) is 17.8. The minimum atomic E-state index is -0.963. The number of hydrogen-bond acceptors (Lipinski definition) is 4.